The van der Waals surface area contributed by atoms with Crippen molar-refractivity contribution in [3.8, 4) is 0 Å². The number of hydrogen-bond acceptors (Lipinski definition) is 3. The molecule has 0 bridgehead atoms. The summed E-state index contributed by atoms with van der Waals surface area (Å²) >= 11 is 0. The Bertz CT molecular complexity index is 387. The summed E-state index contributed by atoms with van der Waals surface area (Å²) in [7, 11) is 1.55. The van der Waals surface area contributed by atoms with Crippen LogP contribution in [0.15, 0.2) is 0 Å². The molecule has 0 aromatic carbocycles. The van der Waals surface area contributed by atoms with Crippen molar-refractivity contribution in [1.29, 1.82) is 0 Å². The molecule has 0 aromatic rings. The Kier molecular flexibility index (Phi) is 4.55. The van der Waals surface area contributed by atoms with Gasteiger partial charge in [-0.05, 0) is 13.3 Å². The fourth-order valence-corrected chi connectivity index (χ4v) is 1.81. The second-order valence-corrected chi connectivity index (χ2v) is 5.90. The fraction of sp³-hybridized carbons (Fsp3) is 0.769. The summed E-state index contributed by atoms with van der Waals surface area (Å²) in [5, 5.41) is 5.22. The first-order chi connectivity index (χ1) is 8.68. The fourth-order valence-electron chi connectivity index (χ4n) is 1.81. The number of carbonyl (C=O) groups excluding carboxylic acids is 3. The lowest BCUT2D eigenvalue weighted by Crippen LogP contribution is -2.62. The topological polar surface area (TPSA) is 78.5 Å². The molecule has 2 atom stereocenters. The third-order valence-corrected chi connectivity index (χ3v) is 3.25. The van der Waals surface area contributed by atoms with E-state index in [1.165, 1.54) is 4.90 Å². The largest absolute Gasteiger partial charge is 0.357 e. The Hall–Kier alpha value is -1.59. The lowest BCUT2D eigenvalue weighted by Gasteiger charge is -2.41. The molecule has 0 radical (unpaired) electrons. The Morgan fingerprint density at radius 3 is 2.21 bits per heavy atom. The van der Waals surface area contributed by atoms with Gasteiger partial charge < -0.3 is 15.5 Å². The average Bonchev–Trinajstić information content (AvgIpc) is 2.25. The van der Waals surface area contributed by atoms with Crippen molar-refractivity contribution in [2.45, 2.75) is 46.2 Å². The molecule has 0 spiro atoms. The molecule has 0 aliphatic carbocycles. The molecule has 3 amide bonds. The highest BCUT2D eigenvalue weighted by molar-refractivity contribution is 5.93. The van der Waals surface area contributed by atoms with Crippen LogP contribution in [-0.4, -0.2) is 48.3 Å². The van der Waals surface area contributed by atoms with E-state index in [-0.39, 0.29) is 17.7 Å². The molecule has 1 aliphatic rings. The molecular formula is C13H23N3O3. The average molecular weight is 269 g/mol. The van der Waals surface area contributed by atoms with Crippen molar-refractivity contribution in [3.05, 3.63) is 0 Å². The van der Waals surface area contributed by atoms with Crippen molar-refractivity contribution >= 4 is 17.7 Å². The maximum absolute atomic E-state index is 12.1. The predicted octanol–water partition coefficient (Wildman–Crippen LogP) is -0.116. The van der Waals surface area contributed by atoms with Crippen molar-refractivity contribution in [2.24, 2.45) is 5.41 Å². The molecule has 19 heavy (non-hydrogen) atoms. The third-order valence-electron chi connectivity index (χ3n) is 3.25. The van der Waals surface area contributed by atoms with Gasteiger partial charge in [0.25, 0.3) is 0 Å². The van der Waals surface area contributed by atoms with Crippen LogP contribution in [0.2, 0.25) is 0 Å². The molecule has 0 aromatic heterocycles. The molecule has 2 N–H and O–H groups in total. The summed E-state index contributed by atoms with van der Waals surface area (Å²) in [6.45, 7) is 7.57. The van der Waals surface area contributed by atoms with Gasteiger partial charge in [0, 0.05) is 19.0 Å². The zero-order valence-electron chi connectivity index (χ0n) is 12.2. The van der Waals surface area contributed by atoms with Gasteiger partial charge in [0.15, 0.2) is 0 Å². The molecule has 1 aliphatic heterocycles. The van der Waals surface area contributed by atoms with E-state index in [0.717, 1.165) is 0 Å². The van der Waals surface area contributed by atoms with Crippen molar-refractivity contribution in [2.75, 3.05) is 13.6 Å². The molecule has 1 saturated heterocycles. The van der Waals surface area contributed by atoms with E-state index in [4.69, 9.17) is 0 Å². The van der Waals surface area contributed by atoms with Crippen LogP contribution in [0.4, 0.5) is 0 Å². The summed E-state index contributed by atoms with van der Waals surface area (Å²) in [5.74, 6) is -0.545. The van der Waals surface area contributed by atoms with Crippen molar-refractivity contribution in [1.82, 2.24) is 15.5 Å². The van der Waals surface area contributed by atoms with Gasteiger partial charge in [0.1, 0.15) is 12.1 Å². The predicted molar refractivity (Wildman–Crippen MR) is 71.2 cm³/mol. The smallest absolute Gasteiger partial charge is 0.245 e. The van der Waals surface area contributed by atoms with Crippen molar-refractivity contribution < 1.29 is 14.4 Å². The highest BCUT2D eigenvalue weighted by Crippen LogP contribution is 2.19. The number of nitrogens with one attached hydrogen (secondary N) is 2. The van der Waals surface area contributed by atoms with Crippen LogP contribution in [0.1, 0.15) is 34.1 Å². The SMILES string of the molecule is CNC(=O)[C@@H]1CCN1C(=O)[C@H](C)NC(=O)C(C)(C)C. The molecular weight excluding hydrogens is 246 g/mol. The number of likely N-dealkylation sites (tertiary alicyclic amines) is 1. The van der Waals surface area contributed by atoms with Gasteiger partial charge in [-0.15, -0.1) is 0 Å². The van der Waals surface area contributed by atoms with E-state index in [1.54, 1.807) is 34.7 Å². The van der Waals surface area contributed by atoms with Gasteiger partial charge in [-0.1, -0.05) is 20.8 Å². The maximum Gasteiger partial charge on any atom is 0.245 e. The van der Waals surface area contributed by atoms with Gasteiger partial charge in [0.05, 0.1) is 0 Å². The summed E-state index contributed by atoms with van der Waals surface area (Å²) in [6, 6.07) is -1.01. The number of carbonyl (C=O) groups is 3. The van der Waals surface area contributed by atoms with Gasteiger partial charge in [-0.25, -0.2) is 0 Å². The lowest BCUT2D eigenvalue weighted by atomic mass is 9.95. The van der Waals surface area contributed by atoms with E-state index in [2.05, 4.69) is 10.6 Å². The first kappa shape index (κ1) is 15.5. The number of rotatable bonds is 3. The number of likely N-dealkylation sites (N-methyl/N-ethyl adjacent to an activating group) is 1. The standard InChI is InChI=1S/C13H23N3O3/c1-8(15-12(19)13(2,3)4)11(18)16-7-6-9(16)10(17)14-5/h8-9H,6-7H2,1-5H3,(H,14,17)(H,15,19)/t8-,9-/m0/s1. The first-order valence-corrected chi connectivity index (χ1v) is 6.51. The van der Waals surface area contributed by atoms with Crippen LogP contribution in [0.3, 0.4) is 0 Å². The number of amides is 3. The number of hydrogen-bond donors (Lipinski definition) is 2. The van der Waals surface area contributed by atoms with Crippen molar-refractivity contribution in [3.63, 3.8) is 0 Å². The zero-order chi connectivity index (χ0) is 14.8. The van der Waals surface area contributed by atoms with E-state index in [0.29, 0.717) is 13.0 Å². The quantitative estimate of drug-likeness (QED) is 0.750. The monoisotopic (exact) mass is 269 g/mol. The van der Waals surface area contributed by atoms with Crippen LogP contribution >= 0.6 is 0 Å². The van der Waals surface area contributed by atoms with E-state index >= 15 is 0 Å². The lowest BCUT2D eigenvalue weighted by molar-refractivity contribution is -0.149. The minimum Gasteiger partial charge on any atom is -0.357 e. The maximum atomic E-state index is 12.1. The van der Waals surface area contributed by atoms with E-state index in [1.807, 2.05) is 0 Å². The molecule has 108 valence electrons. The first-order valence-electron chi connectivity index (χ1n) is 6.51. The highest BCUT2D eigenvalue weighted by atomic mass is 16.2. The zero-order valence-corrected chi connectivity index (χ0v) is 12.2. The highest BCUT2D eigenvalue weighted by Gasteiger charge is 2.39. The molecule has 6 heteroatoms. The van der Waals surface area contributed by atoms with Gasteiger partial charge in [0.2, 0.25) is 17.7 Å². The summed E-state index contributed by atoms with van der Waals surface area (Å²) < 4.78 is 0. The Labute approximate surface area is 113 Å². The molecule has 0 saturated carbocycles. The Morgan fingerprint density at radius 2 is 1.84 bits per heavy atom. The Morgan fingerprint density at radius 1 is 1.26 bits per heavy atom. The van der Waals surface area contributed by atoms with E-state index in [9.17, 15) is 14.4 Å². The van der Waals surface area contributed by atoms with Crippen LogP contribution in [-0.2, 0) is 14.4 Å². The minimum atomic E-state index is -0.612. The van der Waals surface area contributed by atoms with Crippen LogP contribution in [0, 0.1) is 5.41 Å². The summed E-state index contributed by atoms with van der Waals surface area (Å²) in [6.07, 6.45) is 0.672. The molecule has 1 heterocycles. The second kappa shape index (κ2) is 5.59. The van der Waals surface area contributed by atoms with Gasteiger partial charge in [-0.2, -0.15) is 0 Å². The van der Waals surface area contributed by atoms with Gasteiger partial charge in [-0.3, -0.25) is 14.4 Å². The molecule has 6 nitrogen and oxygen atoms in total. The summed E-state index contributed by atoms with van der Waals surface area (Å²) in [4.78, 5) is 37.0. The third kappa shape index (κ3) is 3.45. The molecule has 0 unspecified atom stereocenters. The second-order valence-electron chi connectivity index (χ2n) is 5.90. The molecule has 1 fully saturated rings. The van der Waals surface area contributed by atoms with Crippen LogP contribution in [0.5, 0.6) is 0 Å². The molecule has 1 rings (SSSR count). The van der Waals surface area contributed by atoms with Crippen LogP contribution in [0.25, 0.3) is 0 Å². The normalized spacial score (nSPS) is 20.3. The summed E-state index contributed by atoms with van der Waals surface area (Å²) in [5.41, 5.74) is -0.538. The van der Waals surface area contributed by atoms with Gasteiger partial charge >= 0.3 is 0 Å². The van der Waals surface area contributed by atoms with Crippen LogP contribution < -0.4 is 10.6 Å². The Balaban J connectivity index is 2.59. The number of nitrogens with zero attached hydrogens (tertiary/aromatic N) is 1. The van der Waals surface area contributed by atoms with E-state index < -0.39 is 17.5 Å². The minimum absolute atomic E-state index is 0.158.